The zero-order valence-electron chi connectivity index (χ0n) is 14.1. The summed E-state index contributed by atoms with van der Waals surface area (Å²) in [4.78, 5) is 23.9. The number of hydrogen-bond donors (Lipinski definition) is 5. The van der Waals surface area contributed by atoms with Crippen LogP contribution in [0.25, 0.3) is 22.0 Å². The van der Waals surface area contributed by atoms with Gasteiger partial charge in [0.15, 0.2) is 0 Å². The van der Waals surface area contributed by atoms with E-state index in [2.05, 4.69) is 15.5 Å². The molecule has 0 saturated heterocycles. The number of rotatable bonds is 5. The number of carbonyl (C=O) groups excluding carboxylic acids is 2. The van der Waals surface area contributed by atoms with Crippen LogP contribution in [0.2, 0.25) is 0 Å². The Bertz CT molecular complexity index is 933. The van der Waals surface area contributed by atoms with Crippen LogP contribution < -0.4 is 16.5 Å². The largest absolute Gasteiger partial charge is 0.339 e. The second kappa shape index (κ2) is 7.34. The molecule has 0 saturated carbocycles. The van der Waals surface area contributed by atoms with E-state index >= 15 is 0 Å². The molecule has 3 aromatic rings. The molecule has 26 heavy (non-hydrogen) atoms. The highest BCUT2D eigenvalue weighted by atomic mass is 16.5. The van der Waals surface area contributed by atoms with Crippen LogP contribution in [-0.4, -0.2) is 39.3 Å². The van der Waals surface area contributed by atoms with Crippen molar-refractivity contribution in [3.8, 4) is 11.1 Å². The van der Waals surface area contributed by atoms with Gasteiger partial charge < -0.3 is 11.1 Å². The number of hydroxylamine groups is 1. The van der Waals surface area contributed by atoms with E-state index in [9.17, 15) is 9.59 Å². The Balaban J connectivity index is 1.78. The van der Waals surface area contributed by atoms with Crippen LogP contribution in [-0.2, 0) is 4.79 Å². The van der Waals surface area contributed by atoms with Gasteiger partial charge in [-0.15, -0.1) is 0 Å². The number of nitrogens with zero attached hydrogens (tertiary/aromatic N) is 1. The van der Waals surface area contributed by atoms with Crippen LogP contribution in [0, 0.1) is 0 Å². The molecule has 0 aliphatic rings. The topological polar surface area (TPSA) is 133 Å². The van der Waals surface area contributed by atoms with E-state index in [0.717, 1.165) is 22.0 Å². The first-order valence-corrected chi connectivity index (χ1v) is 8.03. The molecule has 1 heterocycles. The molecule has 6 N–H and O–H groups in total. The molecule has 0 unspecified atom stereocenters. The Labute approximate surface area is 149 Å². The summed E-state index contributed by atoms with van der Waals surface area (Å²) in [5, 5.41) is 19.2. The molecule has 8 nitrogen and oxygen atoms in total. The number of aromatic amines is 1. The normalized spacial score (nSPS) is 13.2. The van der Waals surface area contributed by atoms with Gasteiger partial charge in [-0.1, -0.05) is 18.2 Å². The van der Waals surface area contributed by atoms with Crippen molar-refractivity contribution in [1.29, 1.82) is 0 Å². The second-order valence-corrected chi connectivity index (χ2v) is 6.04. The SMILES string of the molecule is C[C@@H](N)[C@H](NC(=O)c1ccc(-c2ccc3[nH]ncc3c2)cc1)C(=O)NO. The summed E-state index contributed by atoms with van der Waals surface area (Å²) < 4.78 is 0. The van der Waals surface area contributed by atoms with Crippen molar-refractivity contribution >= 4 is 22.7 Å². The number of amides is 2. The lowest BCUT2D eigenvalue weighted by Gasteiger charge is -2.20. The number of nitrogens with two attached hydrogens (primary N) is 1. The smallest absolute Gasteiger partial charge is 0.267 e. The van der Waals surface area contributed by atoms with Crippen LogP contribution in [0.1, 0.15) is 17.3 Å². The predicted molar refractivity (Wildman–Crippen MR) is 96.4 cm³/mol. The highest BCUT2D eigenvalue weighted by Gasteiger charge is 2.24. The maximum Gasteiger partial charge on any atom is 0.267 e. The van der Waals surface area contributed by atoms with E-state index < -0.39 is 23.9 Å². The van der Waals surface area contributed by atoms with Crippen LogP contribution in [0.3, 0.4) is 0 Å². The Morgan fingerprint density at radius 3 is 2.50 bits per heavy atom. The number of carbonyl (C=O) groups is 2. The first-order valence-electron chi connectivity index (χ1n) is 8.03. The standard InChI is InChI=1S/C18H19N5O3/c1-10(19)16(18(25)23-26)21-17(24)12-4-2-11(3-5-12)13-6-7-15-14(8-13)9-20-22-15/h2-10,16,26H,19H2,1H3,(H,20,22)(H,21,24)(H,23,25)/t10-,16+/m1/s1. The number of benzene rings is 2. The van der Waals surface area contributed by atoms with Gasteiger partial charge in [-0.2, -0.15) is 5.10 Å². The second-order valence-electron chi connectivity index (χ2n) is 6.04. The molecule has 2 atom stereocenters. The van der Waals surface area contributed by atoms with Gasteiger partial charge in [0.25, 0.3) is 11.8 Å². The molecular formula is C18H19N5O3. The van der Waals surface area contributed by atoms with Crippen LogP contribution in [0.5, 0.6) is 0 Å². The van der Waals surface area contributed by atoms with E-state index in [4.69, 9.17) is 10.9 Å². The molecule has 3 rings (SSSR count). The molecule has 0 fully saturated rings. The fourth-order valence-corrected chi connectivity index (χ4v) is 2.67. The van der Waals surface area contributed by atoms with Crippen molar-refractivity contribution in [2.24, 2.45) is 5.73 Å². The van der Waals surface area contributed by atoms with E-state index in [1.165, 1.54) is 5.48 Å². The average Bonchev–Trinajstić information content (AvgIpc) is 3.13. The molecular weight excluding hydrogens is 334 g/mol. The van der Waals surface area contributed by atoms with Gasteiger partial charge >= 0.3 is 0 Å². The summed E-state index contributed by atoms with van der Waals surface area (Å²) in [6, 6.07) is 11.2. The van der Waals surface area contributed by atoms with E-state index in [-0.39, 0.29) is 0 Å². The zero-order valence-corrected chi connectivity index (χ0v) is 14.1. The fourth-order valence-electron chi connectivity index (χ4n) is 2.67. The lowest BCUT2D eigenvalue weighted by atomic mass is 10.0. The third kappa shape index (κ3) is 3.56. The lowest BCUT2D eigenvalue weighted by Crippen LogP contribution is -2.54. The predicted octanol–water partition coefficient (Wildman–Crippen LogP) is 1.18. The number of aromatic nitrogens is 2. The van der Waals surface area contributed by atoms with Crippen molar-refractivity contribution < 1.29 is 14.8 Å². The Morgan fingerprint density at radius 2 is 1.85 bits per heavy atom. The summed E-state index contributed by atoms with van der Waals surface area (Å²) in [5.74, 6) is -1.22. The Kier molecular flexibility index (Phi) is 4.97. The first kappa shape index (κ1) is 17.6. The van der Waals surface area contributed by atoms with Gasteiger partial charge in [-0.05, 0) is 42.3 Å². The third-order valence-corrected chi connectivity index (χ3v) is 4.13. The van der Waals surface area contributed by atoms with Crippen molar-refractivity contribution in [3.05, 3.63) is 54.2 Å². The number of nitrogens with one attached hydrogen (secondary N) is 3. The molecule has 0 spiro atoms. The molecule has 0 radical (unpaired) electrons. The number of hydrogen-bond acceptors (Lipinski definition) is 5. The summed E-state index contributed by atoms with van der Waals surface area (Å²) in [7, 11) is 0. The number of H-pyrrole nitrogens is 1. The van der Waals surface area contributed by atoms with Crippen LogP contribution in [0.4, 0.5) is 0 Å². The van der Waals surface area contributed by atoms with Crippen molar-refractivity contribution in [2.45, 2.75) is 19.0 Å². The van der Waals surface area contributed by atoms with Gasteiger partial charge in [-0.3, -0.25) is 19.9 Å². The molecule has 0 aliphatic carbocycles. The van der Waals surface area contributed by atoms with Crippen LogP contribution in [0.15, 0.2) is 48.7 Å². The van der Waals surface area contributed by atoms with Gasteiger partial charge in [0, 0.05) is 17.0 Å². The number of fused-ring (bicyclic) bond motifs is 1. The van der Waals surface area contributed by atoms with Gasteiger partial charge in [-0.25, -0.2) is 5.48 Å². The Hall–Kier alpha value is -3.23. The summed E-state index contributed by atoms with van der Waals surface area (Å²) >= 11 is 0. The third-order valence-electron chi connectivity index (χ3n) is 4.13. The van der Waals surface area contributed by atoms with Crippen molar-refractivity contribution in [1.82, 2.24) is 21.0 Å². The van der Waals surface area contributed by atoms with E-state index in [1.807, 2.05) is 30.3 Å². The zero-order chi connectivity index (χ0) is 18.7. The highest BCUT2D eigenvalue weighted by molar-refractivity contribution is 5.98. The summed E-state index contributed by atoms with van der Waals surface area (Å²) in [5.41, 5.74) is 10.5. The maximum absolute atomic E-state index is 12.3. The maximum atomic E-state index is 12.3. The minimum absolute atomic E-state index is 0.384. The van der Waals surface area contributed by atoms with E-state index in [1.54, 1.807) is 25.3 Å². The first-order chi connectivity index (χ1) is 12.5. The monoisotopic (exact) mass is 353 g/mol. The summed E-state index contributed by atoms with van der Waals surface area (Å²) in [6.45, 7) is 1.56. The molecule has 8 heteroatoms. The molecule has 2 amide bonds. The minimum atomic E-state index is -1.03. The van der Waals surface area contributed by atoms with Gasteiger partial charge in [0.05, 0.1) is 11.7 Å². The van der Waals surface area contributed by atoms with Crippen molar-refractivity contribution in [2.75, 3.05) is 0 Å². The van der Waals surface area contributed by atoms with Crippen LogP contribution >= 0.6 is 0 Å². The summed E-state index contributed by atoms with van der Waals surface area (Å²) in [6.07, 6.45) is 1.75. The molecule has 134 valence electrons. The molecule has 2 aromatic carbocycles. The lowest BCUT2D eigenvalue weighted by molar-refractivity contribution is -0.131. The quantitative estimate of drug-likeness (QED) is 0.347. The highest BCUT2D eigenvalue weighted by Crippen LogP contribution is 2.23. The Morgan fingerprint density at radius 1 is 1.15 bits per heavy atom. The molecule has 0 bridgehead atoms. The molecule has 1 aromatic heterocycles. The van der Waals surface area contributed by atoms with E-state index in [0.29, 0.717) is 5.56 Å². The van der Waals surface area contributed by atoms with Crippen molar-refractivity contribution in [3.63, 3.8) is 0 Å². The fraction of sp³-hybridized carbons (Fsp3) is 0.167. The average molecular weight is 353 g/mol. The van der Waals surface area contributed by atoms with Gasteiger partial charge in [0.1, 0.15) is 6.04 Å². The van der Waals surface area contributed by atoms with Gasteiger partial charge in [0.2, 0.25) is 0 Å². The minimum Gasteiger partial charge on any atom is -0.339 e. The molecule has 0 aliphatic heterocycles.